The number of carbonyl (C=O) groups is 1. The van der Waals surface area contributed by atoms with Crippen molar-refractivity contribution in [2.24, 2.45) is 5.73 Å². The summed E-state index contributed by atoms with van der Waals surface area (Å²) in [4.78, 5) is 16.8. The fraction of sp³-hybridized carbons (Fsp3) is 0.929. The van der Waals surface area contributed by atoms with E-state index in [2.05, 4.69) is 25.8 Å². The van der Waals surface area contributed by atoms with Crippen molar-refractivity contribution < 1.29 is 4.79 Å². The molecule has 0 saturated carbocycles. The standard InChI is InChI=1S/C14H29N3O/c1-4-6-8-13(15)14(18)17-10-7-9-16(3)11-12(17)5-2/h12-13H,4-11,15H2,1-3H3. The predicted octanol–water partition coefficient (Wildman–Crippen LogP) is 1.45. The molecule has 4 heteroatoms. The lowest BCUT2D eigenvalue weighted by Crippen LogP contribution is -2.50. The van der Waals surface area contributed by atoms with Gasteiger partial charge in [-0.2, -0.15) is 0 Å². The smallest absolute Gasteiger partial charge is 0.239 e. The number of unbranched alkanes of at least 4 members (excludes halogenated alkanes) is 1. The van der Waals surface area contributed by atoms with Crippen molar-refractivity contribution in [3.63, 3.8) is 0 Å². The molecule has 1 saturated heterocycles. The van der Waals surface area contributed by atoms with Crippen LogP contribution in [0.2, 0.25) is 0 Å². The van der Waals surface area contributed by atoms with E-state index >= 15 is 0 Å². The normalized spacial score (nSPS) is 23.8. The Balaban J connectivity index is 2.62. The number of rotatable bonds is 5. The molecule has 2 N–H and O–H groups in total. The van der Waals surface area contributed by atoms with Gasteiger partial charge in [0.25, 0.3) is 0 Å². The number of amides is 1. The fourth-order valence-electron chi connectivity index (χ4n) is 2.64. The van der Waals surface area contributed by atoms with E-state index in [9.17, 15) is 4.79 Å². The van der Waals surface area contributed by atoms with Crippen LogP contribution in [-0.4, -0.2) is 54.5 Å². The highest BCUT2D eigenvalue weighted by atomic mass is 16.2. The Morgan fingerprint density at radius 3 is 2.72 bits per heavy atom. The third-order valence-corrected chi connectivity index (χ3v) is 3.84. The first-order valence-corrected chi connectivity index (χ1v) is 7.34. The molecule has 1 fully saturated rings. The first-order chi connectivity index (χ1) is 8.60. The molecule has 1 amide bonds. The van der Waals surface area contributed by atoms with Crippen LogP contribution in [0.3, 0.4) is 0 Å². The molecule has 106 valence electrons. The second kappa shape index (κ2) is 7.74. The van der Waals surface area contributed by atoms with Crippen molar-refractivity contribution in [1.29, 1.82) is 0 Å². The summed E-state index contributed by atoms with van der Waals surface area (Å²) < 4.78 is 0. The van der Waals surface area contributed by atoms with Crippen molar-refractivity contribution in [2.75, 3.05) is 26.7 Å². The van der Waals surface area contributed by atoms with Crippen LogP contribution in [0.1, 0.15) is 46.0 Å². The molecule has 0 aromatic heterocycles. The minimum atomic E-state index is -0.303. The largest absolute Gasteiger partial charge is 0.337 e. The molecule has 1 aliphatic rings. The van der Waals surface area contributed by atoms with E-state index in [-0.39, 0.29) is 11.9 Å². The van der Waals surface area contributed by atoms with E-state index in [0.29, 0.717) is 6.04 Å². The molecule has 2 unspecified atom stereocenters. The molecule has 1 rings (SSSR count). The van der Waals surface area contributed by atoms with Crippen LogP contribution in [0, 0.1) is 0 Å². The first-order valence-electron chi connectivity index (χ1n) is 7.34. The Hall–Kier alpha value is -0.610. The van der Waals surface area contributed by atoms with Crippen molar-refractivity contribution in [3.8, 4) is 0 Å². The summed E-state index contributed by atoms with van der Waals surface area (Å²) in [6.07, 6.45) is 5.02. The molecule has 1 aliphatic heterocycles. The average Bonchev–Trinajstić information content (AvgIpc) is 2.56. The van der Waals surface area contributed by atoms with Gasteiger partial charge in [0.1, 0.15) is 0 Å². The van der Waals surface area contributed by atoms with Gasteiger partial charge in [-0.05, 0) is 32.9 Å². The number of hydrogen-bond donors (Lipinski definition) is 1. The molecule has 2 atom stereocenters. The van der Waals surface area contributed by atoms with E-state index < -0.39 is 0 Å². The van der Waals surface area contributed by atoms with Gasteiger partial charge in [-0.3, -0.25) is 4.79 Å². The number of nitrogens with two attached hydrogens (primary N) is 1. The van der Waals surface area contributed by atoms with Crippen LogP contribution in [0.4, 0.5) is 0 Å². The van der Waals surface area contributed by atoms with Crippen molar-refractivity contribution in [3.05, 3.63) is 0 Å². The number of hydrogen-bond acceptors (Lipinski definition) is 3. The molecule has 0 bridgehead atoms. The van der Waals surface area contributed by atoms with Gasteiger partial charge >= 0.3 is 0 Å². The Morgan fingerprint density at radius 1 is 1.39 bits per heavy atom. The van der Waals surface area contributed by atoms with Gasteiger partial charge in [-0.25, -0.2) is 0 Å². The molecular formula is C14H29N3O. The summed E-state index contributed by atoms with van der Waals surface area (Å²) in [5, 5.41) is 0. The van der Waals surface area contributed by atoms with E-state index in [1.807, 2.05) is 4.90 Å². The molecule has 0 aromatic carbocycles. The molecule has 18 heavy (non-hydrogen) atoms. The zero-order valence-electron chi connectivity index (χ0n) is 12.2. The van der Waals surface area contributed by atoms with Crippen LogP contribution >= 0.6 is 0 Å². The lowest BCUT2D eigenvalue weighted by atomic mass is 10.1. The van der Waals surface area contributed by atoms with Crippen molar-refractivity contribution >= 4 is 5.91 Å². The number of likely N-dealkylation sites (N-methyl/N-ethyl adjacent to an activating group) is 1. The quantitative estimate of drug-likeness (QED) is 0.809. The van der Waals surface area contributed by atoms with Gasteiger partial charge in [0.05, 0.1) is 6.04 Å². The SMILES string of the molecule is CCCCC(N)C(=O)N1CCCN(C)CC1CC. The molecule has 0 radical (unpaired) electrons. The minimum Gasteiger partial charge on any atom is -0.337 e. The van der Waals surface area contributed by atoms with Gasteiger partial charge in [-0.1, -0.05) is 26.7 Å². The third kappa shape index (κ3) is 4.25. The second-order valence-electron chi connectivity index (χ2n) is 5.46. The lowest BCUT2D eigenvalue weighted by molar-refractivity contribution is -0.135. The Morgan fingerprint density at radius 2 is 2.11 bits per heavy atom. The lowest BCUT2D eigenvalue weighted by Gasteiger charge is -2.32. The molecule has 0 aliphatic carbocycles. The van der Waals surface area contributed by atoms with E-state index in [1.54, 1.807) is 0 Å². The maximum atomic E-state index is 12.4. The zero-order valence-corrected chi connectivity index (χ0v) is 12.2. The Labute approximate surface area is 111 Å². The molecular weight excluding hydrogens is 226 g/mol. The highest BCUT2D eigenvalue weighted by Crippen LogP contribution is 2.14. The summed E-state index contributed by atoms with van der Waals surface area (Å²) in [6, 6.07) is 0.0279. The topological polar surface area (TPSA) is 49.6 Å². The molecule has 0 aromatic rings. The van der Waals surface area contributed by atoms with E-state index in [4.69, 9.17) is 5.73 Å². The molecule has 0 spiro atoms. The Bertz CT molecular complexity index is 257. The van der Waals surface area contributed by atoms with Crippen LogP contribution in [-0.2, 0) is 4.79 Å². The van der Waals surface area contributed by atoms with Crippen LogP contribution in [0.15, 0.2) is 0 Å². The zero-order chi connectivity index (χ0) is 13.5. The maximum absolute atomic E-state index is 12.4. The Kier molecular flexibility index (Phi) is 6.65. The molecule has 1 heterocycles. The third-order valence-electron chi connectivity index (χ3n) is 3.84. The van der Waals surface area contributed by atoms with E-state index in [1.165, 1.54) is 0 Å². The minimum absolute atomic E-state index is 0.158. The number of carbonyl (C=O) groups excluding carboxylic acids is 1. The second-order valence-corrected chi connectivity index (χ2v) is 5.46. The predicted molar refractivity (Wildman–Crippen MR) is 75.4 cm³/mol. The van der Waals surface area contributed by atoms with Gasteiger partial charge < -0.3 is 15.5 Å². The van der Waals surface area contributed by atoms with Gasteiger partial charge in [0.15, 0.2) is 0 Å². The van der Waals surface area contributed by atoms with E-state index in [0.717, 1.165) is 51.7 Å². The summed E-state index contributed by atoms with van der Waals surface area (Å²) in [5.41, 5.74) is 6.03. The molecule has 4 nitrogen and oxygen atoms in total. The van der Waals surface area contributed by atoms with Gasteiger partial charge in [0, 0.05) is 19.1 Å². The van der Waals surface area contributed by atoms with Gasteiger partial charge in [-0.15, -0.1) is 0 Å². The van der Waals surface area contributed by atoms with Crippen molar-refractivity contribution in [2.45, 2.75) is 58.0 Å². The fourth-order valence-corrected chi connectivity index (χ4v) is 2.64. The summed E-state index contributed by atoms with van der Waals surface area (Å²) in [6.45, 7) is 7.20. The first kappa shape index (κ1) is 15.4. The monoisotopic (exact) mass is 255 g/mol. The summed E-state index contributed by atoms with van der Waals surface area (Å²) >= 11 is 0. The van der Waals surface area contributed by atoms with Gasteiger partial charge in [0.2, 0.25) is 5.91 Å². The highest BCUT2D eigenvalue weighted by molar-refractivity contribution is 5.82. The van der Waals surface area contributed by atoms with Crippen molar-refractivity contribution in [1.82, 2.24) is 9.80 Å². The van der Waals surface area contributed by atoms with Crippen LogP contribution < -0.4 is 5.73 Å². The average molecular weight is 255 g/mol. The highest BCUT2D eigenvalue weighted by Gasteiger charge is 2.28. The number of nitrogens with zero attached hydrogens (tertiary/aromatic N) is 2. The summed E-state index contributed by atoms with van der Waals surface area (Å²) in [7, 11) is 2.13. The van der Waals surface area contributed by atoms with Crippen LogP contribution in [0.5, 0.6) is 0 Å². The summed E-state index contributed by atoms with van der Waals surface area (Å²) in [5.74, 6) is 0.158. The maximum Gasteiger partial charge on any atom is 0.239 e. The van der Waals surface area contributed by atoms with Crippen LogP contribution in [0.25, 0.3) is 0 Å².